The fourth-order valence-corrected chi connectivity index (χ4v) is 2.03. The molecular formula is C16H14ClFN2O3. The van der Waals surface area contributed by atoms with Crippen LogP contribution in [0.3, 0.4) is 0 Å². The Morgan fingerprint density at radius 1 is 1.30 bits per heavy atom. The Morgan fingerprint density at radius 2 is 2.04 bits per heavy atom. The van der Waals surface area contributed by atoms with E-state index >= 15 is 0 Å². The molecule has 1 atom stereocenters. The number of hydrogen-bond acceptors (Lipinski definition) is 4. The van der Waals surface area contributed by atoms with Gasteiger partial charge in [-0.2, -0.15) is 0 Å². The average molecular weight is 337 g/mol. The van der Waals surface area contributed by atoms with Crippen molar-refractivity contribution in [3.63, 3.8) is 0 Å². The number of nitrogens with one attached hydrogen (secondary N) is 1. The van der Waals surface area contributed by atoms with Crippen LogP contribution in [0.5, 0.6) is 0 Å². The molecule has 23 heavy (non-hydrogen) atoms. The summed E-state index contributed by atoms with van der Waals surface area (Å²) < 4.78 is 18.7. The molecule has 1 heterocycles. The van der Waals surface area contributed by atoms with Gasteiger partial charge in [0.05, 0.1) is 11.3 Å². The maximum absolute atomic E-state index is 13.5. The van der Waals surface area contributed by atoms with Crippen LogP contribution in [0.15, 0.2) is 42.6 Å². The van der Waals surface area contributed by atoms with E-state index in [0.717, 1.165) is 0 Å². The van der Waals surface area contributed by atoms with E-state index in [2.05, 4.69) is 10.3 Å². The molecule has 0 aliphatic heterocycles. The Kier molecular flexibility index (Phi) is 5.65. The summed E-state index contributed by atoms with van der Waals surface area (Å²) in [5, 5.41) is 2.38. The number of anilines is 1. The maximum atomic E-state index is 13.5. The van der Waals surface area contributed by atoms with Gasteiger partial charge in [0, 0.05) is 6.20 Å². The van der Waals surface area contributed by atoms with Crippen molar-refractivity contribution >= 4 is 29.2 Å². The first kappa shape index (κ1) is 16.9. The normalized spacial score (nSPS) is 11.6. The number of hydrogen-bond donors (Lipinski definition) is 1. The summed E-state index contributed by atoms with van der Waals surface area (Å²) in [5.41, 5.74) is 0.0812. The third-order valence-corrected chi connectivity index (χ3v) is 3.32. The summed E-state index contributed by atoms with van der Waals surface area (Å²) in [6, 6.07) is 8.70. The van der Waals surface area contributed by atoms with E-state index in [0.29, 0.717) is 0 Å². The van der Waals surface area contributed by atoms with Crippen LogP contribution in [0.25, 0.3) is 0 Å². The molecule has 2 aromatic rings. The van der Waals surface area contributed by atoms with E-state index in [1.54, 1.807) is 13.0 Å². The highest BCUT2D eigenvalue weighted by atomic mass is 35.5. The molecule has 1 unspecified atom stereocenters. The molecule has 7 heteroatoms. The predicted octanol–water partition coefficient (Wildman–Crippen LogP) is 3.45. The second kappa shape index (κ2) is 7.69. The first-order valence-corrected chi connectivity index (χ1v) is 7.27. The smallest absolute Gasteiger partial charge is 0.342 e. The quantitative estimate of drug-likeness (QED) is 0.670. The fourth-order valence-electron chi connectivity index (χ4n) is 1.83. The molecule has 0 aliphatic carbocycles. The zero-order valence-electron chi connectivity index (χ0n) is 12.3. The number of benzene rings is 1. The first-order chi connectivity index (χ1) is 11.0. The lowest BCUT2D eigenvalue weighted by Gasteiger charge is -2.16. The van der Waals surface area contributed by atoms with E-state index in [9.17, 15) is 14.0 Å². The Hall–Kier alpha value is -2.47. The standard InChI is InChI=1S/C16H14ClFN2O3/c1-2-13(15(21)20-12-8-4-3-7-11(12)18)23-16(22)10-6-5-9-19-14(10)17/h3-9,13H,2H2,1H3,(H,20,21). The van der Waals surface area contributed by atoms with Gasteiger partial charge >= 0.3 is 5.97 Å². The van der Waals surface area contributed by atoms with Crippen LogP contribution in [0.1, 0.15) is 23.7 Å². The zero-order chi connectivity index (χ0) is 16.8. The topological polar surface area (TPSA) is 68.3 Å². The molecule has 5 nitrogen and oxygen atoms in total. The van der Waals surface area contributed by atoms with Crippen LogP contribution >= 0.6 is 11.6 Å². The number of carbonyl (C=O) groups is 2. The minimum Gasteiger partial charge on any atom is -0.449 e. The minimum absolute atomic E-state index is 0.0122. The van der Waals surface area contributed by atoms with E-state index in [4.69, 9.17) is 16.3 Å². The molecular weight excluding hydrogens is 323 g/mol. The van der Waals surface area contributed by atoms with Crippen molar-refractivity contribution in [2.45, 2.75) is 19.4 Å². The maximum Gasteiger partial charge on any atom is 0.342 e. The van der Waals surface area contributed by atoms with Crippen LogP contribution in [-0.4, -0.2) is 23.0 Å². The molecule has 1 aromatic heterocycles. The van der Waals surface area contributed by atoms with Gasteiger partial charge in [0.2, 0.25) is 0 Å². The third kappa shape index (κ3) is 4.26. The highest BCUT2D eigenvalue weighted by Crippen LogP contribution is 2.17. The highest BCUT2D eigenvalue weighted by Gasteiger charge is 2.24. The van der Waals surface area contributed by atoms with Gasteiger partial charge in [0.1, 0.15) is 11.0 Å². The largest absolute Gasteiger partial charge is 0.449 e. The number of amides is 1. The summed E-state index contributed by atoms with van der Waals surface area (Å²) in [7, 11) is 0. The van der Waals surface area contributed by atoms with Crippen LogP contribution in [0.4, 0.5) is 10.1 Å². The number of halogens is 2. The van der Waals surface area contributed by atoms with E-state index in [1.165, 1.54) is 36.5 Å². The van der Waals surface area contributed by atoms with Crippen LogP contribution in [0, 0.1) is 5.82 Å². The fraction of sp³-hybridized carbons (Fsp3) is 0.188. The van der Waals surface area contributed by atoms with Gasteiger partial charge in [-0.3, -0.25) is 4.79 Å². The molecule has 1 N–H and O–H groups in total. The minimum atomic E-state index is -1.07. The van der Waals surface area contributed by atoms with Crippen LogP contribution in [0.2, 0.25) is 5.15 Å². The number of pyridine rings is 1. The second-order valence-corrected chi connectivity index (χ2v) is 4.97. The molecule has 0 spiro atoms. The van der Waals surface area contributed by atoms with E-state index in [1.807, 2.05) is 0 Å². The van der Waals surface area contributed by atoms with Gasteiger partial charge < -0.3 is 10.1 Å². The lowest BCUT2D eigenvalue weighted by atomic mass is 10.2. The summed E-state index contributed by atoms with van der Waals surface area (Å²) in [6.45, 7) is 1.67. The molecule has 120 valence electrons. The van der Waals surface area contributed by atoms with Gasteiger partial charge in [-0.1, -0.05) is 30.7 Å². The number of ether oxygens (including phenoxy) is 1. The van der Waals surface area contributed by atoms with Crippen molar-refractivity contribution in [2.75, 3.05) is 5.32 Å². The summed E-state index contributed by atoms with van der Waals surface area (Å²) >= 11 is 5.81. The number of rotatable bonds is 5. The molecule has 0 bridgehead atoms. The summed E-state index contributed by atoms with van der Waals surface area (Å²) in [6.07, 6.45) is 0.587. The lowest BCUT2D eigenvalue weighted by molar-refractivity contribution is -0.124. The zero-order valence-corrected chi connectivity index (χ0v) is 13.0. The molecule has 1 amide bonds. The van der Waals surface area contributed by atoms with Gasteiger partial charge in [-0.25, -0.2) is 14.2 Å². The second-order valence-electron chi connectivity index (χ2n) is 4.61. The van der Waals surface area contributed by atoms with Crippen LogP contribution < -0.4 is 5.32 Å². The van der Waals surface area contributed by atoms with Crippen molar-refractivity contribution in [1.82, 2.24) is 4.98 Å². The number of para-hydroxylation sites is 1. The number of esters is 1. The van der Waals surface area contributed by atoms with E-state index in [-0.39, 0.29) is 22.8 Å². The number of carbonyl (C=O) groups excluding carboxylic acids is 2. The molecule has 2 rings (SSSR count). The Balaban J connectivity index is 2.08. The predicted molar refractivity (Wildman–Crippen MR) is 83.8 cm³/mol. The SMILES string of the molecule is CCC(OC(=O)c1cccnc1Cl)C(=O)Nc1ccccc1F. The number of nitrogens with zero attached hydrogens (tertiary/aromatic N) is 1. The van der Waals surface area contributed by atoms with Crippen molar-refractivity contribution in [3.05, 3.63) is 59.1 Å². The van der Waals surface area contributed by atoms with Crippen molar-refractivity contribution < 1.29 is 18.7 Å². The van der Waals surface area contributed by atoms with Gasteiger partial charge in [-0.15, -0.1) is 0 Å². The van der Waals surface area contributed by atoms with Crippen LogP contribution in [-0.2, 0) is 9.53 Å². The van der Waals surface area contributed by atoms with Crippen molar-refractivity contribution in [1.29, 1.82) is 0 Å². The number of aromatic nitrogens is 1. The third-order valence-electron chi connectivity index (χ3n) is 3.02. The molecule has 0 fully saturated rings. The Morgan fingerprint density at radius 3 is 2.70 bits per heavy atom. The van der Waals surface area contributed by atoms with Gasteiger partial charge in [0.15, 0.2) is 6.10 Å². The van der Waals surface area contributed by atoms with Crippen molar-refractivity contribution in [2.24, 2.45) is 0 Å². The molecule has 0 aliphatic rings. The summed E-state index contributed by atoms with van der Waals surface area (Å²) in [4.78, 5) is 28.0. The highest BCUT2D eigenvalue weighted by molar-refractivity contribution is 6.32. The van der Waals surface area contributed by atoms with Gasteiger partial charge in [0.25, 0.3) is 5.91 Å². The molecule has 0 radical (unpaired) electrons. The molecule has 0 saturated carbocycles. The average Bonchev–Trinajstić information content (AvgIpc) is 2.54. The van der Waals surface area contributed by atoms with E-state index < -0.39 is 23.8 Å². The van der Waals surface area contributed by atoms with Gasteiger partial charge in [-0.05, 0) is 30.7 Å². The Labute approximate surface area is 137 Å². The lowest BCUT2D eigenvalue weighted by Crippen LogP contribution is -2.32. The monoisotopic (exact) mass is 336 g/mol. The summed E-state index contributed by atoms with van der Waals surface area (Å²) in [5.74, 6) is -1.96. The molecule has 1 aromatic carbocycles. The Bertz CT molecular complexity index is 724. The molecule has 0 saturated heterocycles. The first-order valence-electron chi connectivity index (χ1n) is 6.89. The van der Waals surface area contributed by atoms with Crippen molar-refractivity contribution in [3.8, 4) is 0 Å².